The van der Waals surface area contributed by atoms with E-state index in [0.29, 0.717) is 6.54 Å². The normalized spacial score (nSPS) is 16.6. The molecule has 0 bridgehead atoms. The number of pyridine rings is 1. The van der Waals surface area contributed by atoms with Crippen LogP contribution in [0.5, 0.6) is 0 Å². The molecule has 0 amide bonds. The largest absolute Gasteiger partial charge is 0.363 e. The Bertz CT molecular complexity index is 550. The molecule has 1 aliphatic carbocycles. The van der Waals surface area contributed by atoms with Crippen LogP contribution in [0.2, 0.25) is 0 Å². The van der Waals surface area contributed by atoms with E-state index in [1.54, 1.807) is 11.8 Å². The van der Waals surface area contributed by atoms with Gasteiger partial charge in [0.05, 0.1) is 4.92 Å². The molecular formula is C13H16N4O2S. The number of hydrogen-bond acceptors (Lipinski definition) is 6. The Hall–Kier alpha value is -1.81. The van der Waals surface area contributed by atoms with Crippen LogP contribution in [-0.4, -0.2) is 27.5 Å². The molecule has 1 aromatic rings. The van der Waals surface area contributed by atoms with E-state index < -0.39 is 4.92 Å². The van der Waals surface area contributed by atoms with E-state index in [4.69, 9.17) is 5.26 Å². The van der Waals surface area contributed by atoms with Gasteiger partial charge in [0.1, 0.15) is 11.6 Å². The Morgan fingerprint density at radius 3 is 2.85 bits per heavy atom. The summed E-state index contributed by atoms with van der Waals surface area (Å²) >= 11 is 1.80. The fourth-order valence-electron chi connectivity index (χ4n) is 2.58. The minimum absolute atomic E-state index is 0.0390. The molecule has 1 aromatic heterocycles. The number of anilines is 1. The highest BCUT2D eigenvalue weighted by Crippen LogP contribution is 2.40. The van der Waals surface area contributed by atoms with Gasteiger partial charge in [-0.1, -0.05) is 12.8 Å². The van der Waals surface area contributed by atoms with Crippen molar-refractivity contribution in [2.75, 3.05) is 18.1 Å². The van der Waals surface area contributed by atoms with Crippen LogP contribution in [-0.2, 0) is 0 Å². The second kappa shape index (κ2) is 6.09. The molecule has 1 aliphatic rings. The quantitative estimate of drug-likeness (QED) is 0.662. The standard InChI is InChI=1S/C13H16N4O2S/c1-20-13(5-2-3-6-13)9-16-12-11(17(18)19)10(8-14)4-7-15-12/h4,7H,2-3,5-6,9H2,1H3,(H,15,16). The van der Waals surface area contributed by atoms with Gasteiger partial charge in [0.25, 0.3) is 0 Å². The van der Waals surface area contributed by atoms with Gasteiger partial charge in [0.15, 0.2) is 0 Å². The Morgan fingerprint density at radius 1 is 1.60 bits per heavy atom. The predicted octanol–water partition coefficient (Wildman–Crippen LogP) is 2.95. The minimum Gasteiger partial charge on any atom is -0.363 e. The third-order valence-corrected chi connectivity index (χ3v) is 5.17. The lowest BCUT2D eigenvalue weighted by atomic mass is 10.1. The Kier molecular flexibility index (Phi) is 4.45. The zero-order valence-corrected chi connectivity index (χ0v) is 12.1. The number of nitrogens with one attached hydrogen (secondary N) is 1. The molecule has 0 radical (unpaired) electrons. The average Bonchev–Trinajstić information content (AvgIpc) is 2.93. The maximum atomic E-state index is 11.1. The van der Waals surface area contributed by atoms with Gasteiger partial charge in [0.2, 0.25) is 5.82 Å². The van der Waals surface area contributed by atoms with Crippen molar-refractivity contribution in [3.05, 3.63) is 27.9 Å². The number of aromatic nitrogens is 1. The summed E-state index contributed by atoms with van der Waals surface area (Å²) in [4.78, 5) is 14.6. The number of nitrogens with zero attached hydrogens (tertiary/aromatic N) is 3. The third kappa shape index (κ3) is 2.85. The van der Waals surface area contributed by atoms with E-state index in [1.807, 2.05) is 6.07 Å². The first-order chi connectivity index (χ1) is 9.62. The molecule has 0 aliphatic heterocycles. The lowest BCUT2D eigenvalue weighted by Crippen LogP contribution is -2.30. The van der Waals surface area contributed by atoms with Crippen molar-refractivity contribution in [3.63, 3.8) is 0 Å². The van der Waals surface area contributed by atoms with Crippen LogP contribution in [0, 0.1) is 21.4 Å². The van der Waals surface area contributed by atoms with Gasteiger partial charge in [-0.05, 0) is 25.2 Å². The van der Waals surface area contributed by atoms with E-state index in [0.717, 1.165) is 12.8 Å². The summed E-state index contributed by atoms with van der Waals surface area (Å²) in [5, 5.41) is 23.1. The highest BCUT2D eigenvalue weighted by molar-refractivity contribution is 8.00. The highest BCUT2D eigenvalue weighted by Gasteiger charge is 2.33. The minimum atomic E-state index is -0.547. The lowest BCUT2D eigenvalue weighted by Gasteiger charge is -2.27. The average molecular weight is 292 g/mol. The van der Waals surface area contributed by atoms with Crippen LogP contribution in [0.4, 0.5) is 11.5 Å². The third-order valence-electron chi connectivity index (χ3n) is 3.75. The van der Waals surface area contributed by atoms with Crippen molar-refractivity contribution in [2.24, 2.45) is 0 Å². The second-order valence-corrected chi connectivity index (χ2v) is 6.15. The van der Waals surface area contributed by atoms with Crippen LogP contribution < -0.4 is 5.32 Å². The van der Waals surface area contributed by atoms with Crippen LogP contribution >= 0.6 is 11.8 Å². The zero-order valence-electron chi connectivity index (χ0n) is 11.3. The first kappa shape index (κ1) is 14.6. The molecule has 20 heavy (non-hydrogen) atoms. The van der Waals surface area contributed by atoms with Gasteiger partial charge in [-0.3, -0.25) is 10.1 Å². The van der Waals surface area contributed by atoms with Crippen molar-refractivity contribution >= 4 is 23.3 Å². The molecule has 0 spiro atoms. The van der Waals surface area contributed by atoms with Gasteiger partial charge >= 0.3 is 5.69 Å². The van der Waals surface area contributed by atoms with Crippen molar-refractivity contribution in [1.29, 1.82) is 5.26 Å². The lowest BCUT2D eigenvalue weighted by molar-refractivity contribution is -0.384. The zero-order chi connectivity index (χ0) is 14.6. The van der Waals surface area contributed by atoms with Crippen LogP contribution in [0.3, 0.4) is 0 Å². The first-order valence-electron chi connectivity index (χ1n) is 6.44. The molecule has 0 saturated heterocycles. The van der Waals surface area contributed by atoms with Crippen molar-refractivity contribution in [2.45, 2.75) is 30.4 Å². The van der Waals surface area contributed by atoms with Crippen LogP contribution in [0.25, 0.3) is 0 Å². The summed E-state index contributed by atoms with van der Waals surface area (Å²) in [6.07, 6.45) is 8.08. The van der Waals surface area contributed by atoms with E-state index >= 15 is 0 Å². The predicted molar refractivity (Wildman–Crippen MR) is 78.8 cm³/mol. The summed E-state index contributed by atoms with van der Waals surface area (Å²) in [5.74, 6) is 0.189. The van der Waals surface area contributed by atoms with Gasteiger partial charge in [-0.2, -0.15) is 17.0 Å². The summed E-state index contributed by atoms with van der Waals surface area (Å²) in [6.45, 7) is 0.636. The maximum Gasteiger partial charge on any atom is 0.328 e. The molecule has 1 N–H and O–H groups in total. The Morgan fingerprint density at radius 2 is 2.30 bits per heavy atom. The first-order valence-corrected chi connectivity index (χ1v) is 7.67. The van der Waals surface area contributed by atoms with Gasteiger partial charge in [-0.25, -0.2) is 4.98 Å². The molecule has 0 aromatic carbocycles. The van der Waals surface area contributed by atoms with Crippen molar-refractivity contribution in [3.8, 4) is 6.07 Å². The SMILES string of the molecule is CSC1(CNc2nccc(C#N)c2[N+](=O)[O-])CCCC1. The summed E-state index contributed by atoms with van der Waals surface area (Å²) < 4.78 is 0.123. The number of thioether (sulfide) groups is 1. The van der Waals surface area contributed by atoms with Crippen LogP contribution in [0.1, 0.15) is 31.2 Å². The van der Waals surface area contributed by atoms with Gasteiger partial charge < -0.3 is 5.32 Å². The molecule has 0 unspecified atom stereocenters. The Balaban J connectivity index is 2.21. The monoisotopic (exact) mass is 292 g/mol. The molecule has 1 saturated carbocycles. The van der Waals surface area contributed by atoms with Crippen molar-refractivity contribution < 1.29 is 4.92 Å². The maximum absolute atomic E-state index is 11.1. The topological polar surface area (TPSA) is 91.8 Å². The van der Waals surface area contributed by atoms with Gasteiger partial charge in [0, 0.05) is 17.5 Å². The summed E-state index contributed by atoms with van der Waals surface area (Å²) in [7, 11) is 0. The van der Waals surface area contributed by atoms with E-state index in [2.05, 4.69) is 16.6 Å². The highest BCUT2D eigenvalue weighted by atomic mass is 32.2. The molecule has 7 heteroatoms. The molecule has 2 rings (SSSR count). The fourth-order valence-corrected chi connectivity index (χ4v) is 3.49. The molecule has 1 fully saturated rings. The number of nitro groups is 1. The van der Waals surface area contributed by atoms with Crippen LogP contribution in [0.15, 0.2) is 12.3 Å². The second-order valence-electron chi connectivity index (χ2n) is 4.87. The van der Waals surface area contributed by atoms with Crippen molar-refractivity contribution in [1.82, 2.24) is 4.98 Å². The number of nitriles is 1. The molecular weight excluding hydrogens is 276 g/mol. The molecule has 106 valence electrons. The summed E-state index contributed by atoms with van der Waals surface area (Å²) in [5.41, 5.74) is -0.193. The molecule has 0 atom stereocenters. The molecule has 1 heterocycles. The smallest absolute Gasteiger partial charge is 0.328 e. The number of hydrogen-bond donors (Lipinski definition) is 1. The van der Waals surface area contributed by atoms with Gasteiger partial charge in [-0.15, -0.1) is 0 Å². The molecule has 6 nitrogen and oxygen atoms in total. The van der Waals surface area contributed by atoms with E-state index in [1.165, 1.54) is 25.1 Å². The number of rotatable bonds is 5. The van der Waals surface area contributed by atoms with E-state index in [-0.39, 0.29) is 21.8 Å². The summed E-state index contributed by atoms with van der Waals surface area (Å²) in [6, 6.07) is 3.21. The van der Waals surface area contributed by atoms with E-state index in [9.17, 15) is 10.1 Å². The Labute approximate surface area is 121 Å². The fraction of sp³-hybridized carbons (Fsp3) is 0.538.